The Bertz CT molecular complexity index is 363. The highest BCUT2D eigenvalue weighted by Crippen LogP contribution is 2.18. The van der Waals surface area contributed by atoms with Crippen LogP contribution in [-0.2, 0) is 16.2 Å². The topological polar surface area (TPSA) is 50.4 Å². The van der Waals surface area contributed by atoms with E-state index in [1.165, 1.54) is 0 Å². The smallest absolute Gasteiger partial charge is 0.239 e. The molecule has 17 heavy (non-hydrogen) atoms. The predicted octanol–water partition coefficient (Wildman–Crippen LogP) is 1.37. The lowest BCUT2D eigenvalue weighted by molar-refractivity contribution is -0.127. The lowest BCUT2D eigenvalue weighted by Gasteiger charge is -2.13. The van der Waals surface area contributed by atoms with Crippen LogP contribution in [0.3, 0.4) is 0 Å². The van der Waals surface area contributed by atoms with Crippen LogP contribution in [0.2, 0.25) is 0 Å². The van der Waals surface area contributed by atoms with Crippen molar-refractivity contribution < 1.29 is 9.63 Å². The second kappa shape index (κ2) is 5.80. The summed E-state index contributed by atoms with van der Waals surface area (Å²) in [5.41, 5.74) is 3.83. The van der Waals surface area contributed by atoms with Crippen molar-refractivity contribution in [1.29, 1.82) is 0 Å². The van der Waals surface area contributed by atoms with Crippen molar-refractivity contribution in [2.75, 3.05) is 0 Å². The van der Waals surface area contributed by atoms with Gasteiger partial charge in [-0.1, -0.05) is 30.3 Å². The van der Waals surface area contributed by atoms with E-state index in [0.29, 0.717) is 12.6 Å². The second-order valence-corrected chi connectivity index (χ2v) is 4.40. The van der Waals surface area contributed by atoms with E-state index in [0.717, 1.165) is 18.4 Å². The van der Waals surface area contributed by atoms with Crippen molar-refractivity contribution in [3.05, 3.63) is 35.9 Å². The van der Waals surface area contributed by atoms with Crippen molar-refractivity contribution >= 4 is 5.91 Å². The van der Waals surface area contributed by atoms with Crippen molar-refractivity contribution in [3.8, 4) is 0 Å². The molecule has 2 rings (SSSR count). The van der Waals surface area contributed by atoms with Gasteiger partial charge >= 0.3 is 0 Å². The number of amides is 1. The van der Waals surface area contributed by atoms with E-state index in [2.05, 4.69) is 10.8 Å². The fourth-order valence-corrected chi connectivity index (χ4v) is 1.43. The number of carbonyl (C=O) groups is 1. The Kier molecular flexibility index (Phi) is 4.12. The van der Waals surface area contributed by atoms with Crippen molar-refractivity contribution in [2.45, 2.75) is 38.5 Å². The Morgan fingerprint density at radius 2 is 2.12 bits per heavy atom. The van der Waals surface area contributed by atoms with Crippen LogP contribution in [0.15, 0.2) is 30.3 Å². The Balaban J connectivity index is 1.65. The molecule has 2 N–H and O–H groups in total. The fourth-order valence-electron chi connectivity index (χ4n) is 1.43. The molecule has 1 atom stereocenters. The maximum atomic E-state index is 11.6. The molecule has 92 valence electrons. The molecule has 0 aliphatic heterocycles. The molecule has 1 unspecified atom stereocenters. The summed E-state index contributed by atoms with van der Waals surface area (Å²) in [6.45, 7) is 2.25. The minimum Gasteiger partial charge on any atom is -0.352 e. The van der Waals surface area contributed by atoms with E-state index >= 15 is 0 Å². The van der Waals surface area contributed by atoms with Gasteiger partial charge in [-0.2, -0.15) is 5.48 Å². The third-order valence-corrected chi connectivity index (χ3v) is 2.66. The molecule has 0 aromatic heterocycles. The average Bonchev–Trinajstić information content (AvgIpc) is 3.14. The molecule has 1 amide bonds. The Labute approximate surface area is 101 Å². The van der Waals surface area contributed by atoms with E-state index in [1.807, 2.05) is 30.3 Å². The first-order valence-corrected chi connectivity index (χ1v) is 5.97. The zero-order valence-electron chi connectivity index (χ0n) is 9.98. The lowest BCUT2D eigenvalue weighted by atomic mass is 10.2. The van der Waals surface area contributed by atoms with Crippen molar-refractivity contribution in [2.24, 2.45) is 0 Å². The molecule has 1 saturated carbocycles. The first-order chi connectivity index (χ1) is 8.25. The van der Waals surface area contributed by atoms with Gasteiger partial charge in [0, 0.05) is 6.04 Å². The standard InChI is InChI=1S/C13H18N2O2/c1-10(13(16)14-12-7-8-12)15-17-9-11-5-3-2-4-6-11/h2-6,10,12,15H,7-9H2,1H3,(H,14,16). The molecule has 1 aromatic rings. The molecule has 0 spiro atoms. The third-order valence-electron chi connectivity index (χ3n) is 2.66. The van der Waals surface area contributed by atoms with Gasteiger partial charge in [-0.25, -0.2) is 0 Å². The van der Waals surface area contributed by atoms with Crippen molar-refractivity contribution in [1.82, 2.24) is 10.8 Å². The summed E-state index contributed by atoms with van der Waals surface area (Å²) in [6, 6.07) is 9.92. The molecule has 0 bridgehead atoms. The molecule has 1 aliphatic rings. The maximum Gasteiger partial charge on any atom is 0.239 e. The summed E-state index contributed by atoms with van der Waals surface area (Å²) >= 11 is 0. The Hall–Kier alpha value is -1.39. The van der Waals surface area contributed by atoms with Gasteiger partial charge in [0.05, 0.1) is 6.61 Å². The minimum absolute atomic E-state index is 0.000520. The van der Waals surface area contributed by atoms with E-state index in [9.17, 15) is 4.79 Å². The minimum atomic E-state index is -0.320. The van der Waals surface area contributed by atoms with Gasteiger partial charge in [0.2, 0.25) is 5.91 Å². The highest BCUT2D eigenvalue weighted by molar-refractivity contribution is 5.81. The van der Waals surface area contributed by atoms with Gasteiger partial charge in [0.25, 0.3) is 0 Å². The molecule has 1 aromatic carbocycles. The van der Waals surface area contributed by atoms with Gasteiger partial charge in [0.1, 0.15) is 6.04 Å². The van der Waals surface area contributed by atoms with Crippen LogP contribution in [0.1, 0.15) is 25.3 Å². The number of hydrogen-bond donors (Lipinski definition) is 2. The third kappa shape index (κ3) is 4.17. The quantitative estimate of drug-likeness (QED) is 0.731. The van der Waals surface area contributed by atoms with Crippen LogP contribution in [0.4, 0.5) is 0 Å². The van der Waals surface area contributed by atoms with Crippen LogP contribution in [0, 0.1) is 0 Å². The Morgan fingerprint density at radius 3 is 2.76 bits per heavy atom. The normalized spacial score (nSPS) is 16.5. The average molecular weight is 234 g/mol. The van der Waals surface area contributed by atoms with E-state index in [-0.39, 0.29) is 11.9 Å². The molecular weight excluding hydrogens is 216 g/mol. The number of nitrogens with one attached hydrogen (secondary N) is 2. The highest BCUT2D eigenvalue weighted by Gasteiger charge is 2.25. The Morgan fingerprint density at radius 1 is 1.41 bits per heavy atom. The number of rotatable bonds is 6. The molecular formula is C13H18N2O2. The molecule has 1 aliphatic carbocycles. The first-order valence-electron chi connectivity index (χ1n) is 5.97. The van der Waals surface area contributed by atoms with Crippen LogP contribution in [0.25, 0.3) is 0 Å². The summed E-state index contributed by atoms with van der Waals surface area (Å²) in [7, 11) is 0. The summed E-state index contributed by atoms with van der Waals surface area (Å²) < 4.78 is 0. The van der Waals surface area contributed by atoms with E-state index < -0.39 is 0 Å². The number of benzene rings is 1. The van der Waals surface area contributed by atoms with Gasteiger partial charge in [-0.15, -0.1) is 0 Å². The molecule has 0 heterocycles. The number of carbonyl (C=O) groups excluding carboxylic acids is 1. The van der Waals surface area contributed by atoms with Crippen LogP contribution < -0.4 is 10.8 Å². The monoisotopic (exact) mass is 234 g/mol. The first kappa shape index (κ1) is 12.1. The highest BCUT2D eigenvalue weighted by atomic mass is 16.6. The second-order valence-electron chi connectivity index (χ2n) is 4.40. The molecule has 4 heteroatoms. The summed E-state index contributed by atoms with van der Waals surface area (Å²) in [5.74, 6) is 0.000520. The zero-order valence-corrected chi connectivity index (χ0v) is 9.98. The van der Waals surface area contributed by atoms with E-state index in [4.69, 9.17) is 4.84 Å². The van der Waals surface area contributed by atoms with E-state index in [1.54, 1.807) is 6.92 Å². The van der Waals surface area contributed by atoms with Gasteiger partial charge in [0.15, 0.2) is 0 Å². The van der Waals surface area contributed by atoms with Crippen LogP contribution in [-0.4, -0.2) is 18.0 Å². The SMILES string of the molecule is CC(NOCc1ccccc1)C(=O)NC1CC1. The number of hydrogen-bond acceptors (Lipinski definition) is 3. The van der Waals surface area contributed by atoms with Crippen LogP contribution in [0.5, 0.6) is 0 Å². The summed E-state index contributed by atoms with van der Waals surface area (Å²) in [6.07, 6.45) is 2.20. The molecule has 4 nitrogen and oxygen atoms in total. The van der Waals surface area contributed by atoms with Gasteiger partial charge in [-0.3, -0.25) is 9.63 Å². The lowest BCUT2D eigenvalue weighted by Crippen LogP contribution is -2.42. The fraction of sp³-hybridized carbons (Fsp3) is 0.462. The molecule has 0 radical (unpaired) electrons. The van der Waals surface area contributed by atoms with Gasteiger partial charge in [-0.05, 0) is 25.3 Å². The maximum absolute atomic E-state index is 11.6. The number of hydroxylamine groups is 1. The molecule has 1 fully saturated rings. The predicted molar refractivity (Wildman–Crippen MR) is 65.0 cm³/mol. The summed E-state index contributed by atoms with van der Waals surface area (Å²) in [5, 5.41) is 2.92. The zero-order chi connectivity index (χ0) is 12.1. The summed E-state index contributed by atoms with van der Waals surface area (Å²) in [4.78, 5) is 16.9. The van der Waals surface area contributed by atoms with Gasteiger partial charge < -0.3 is 5.32 Å². The molecule has 0 saturated heterocycles. The van der Waals surface area contributed by atoms with Crippen molar-refractivity contribution in [3.63, 3.8) is 0 Å². The largest absolute Gasteiger partial charge is 0.352 e. The van der Waals surface area contributed by atoms with Crippen LogP contribution >= 0.6 is 0 Å².